The topological polar surface area (TPSA) is 191 Å². The van der Waals surface area contributed by atoms with E-state index in [1.807, 2.05) is 13.0 Å². The van der Waals surface area contributed by atoms with Crippen LogP contribution in [-0.2, 0) is 39.8 Å². The van der Waals surface area contributed by atoms with Crippen molar-refractivity contribution in [2.45, 2.75) is 63.0 Å². The quantitative estimate of drug-likeness (QED) is 0.0766. The Morgan fingerprint density at radius 2 is 1.97 bits per heavy atom. The van der Waals surface area contributed by atoms with Crippen molar-refractivity contribution in [3.05, 3.63) is 39.2 Å². The molecule has 4 rings (SSSR count). The normalized spacial score (nSPS) is 17.6. The van der Waals surface area contributed by atoms with Crippen molar-refractivity contribution in [1.82, 2.24) is 10.4 Å². The largest absolute Gasteiger partial charge is 0.691 e. The summed E-state index contributed by atoms with van der Waals surface area (Å²) in [5, 5.41) is 17.4. The Balaban J connectivity index is 1.39. The van der Waals surface area contributed by atoms with Crippen molar-refractivity contribution in [3.63, 3.8) is 0 Å². The molecule has 1 aromatic heterocycles. The lowest BCUT2D eigenvalue weighted by Gasteiger charge is -2.23. The van der Waals surface area contributed by atoms with Gasteiger partial charge in [-0.25, -0.2) is 9.59 Å². The number of nitrogens with one attached hydrogen (secondary N) is 1. The van der Waals surface area contributed by atoms with Gasteiger partial charge in [0, 0.05) is 78.1 Å². The summed E-state index contributed by atoms with van der Waals surface area (Å²) in [5.74, 6) is -2.60. The van der Waals surface area contributed by atoms with Gasteiger partial charge in [-0.1, -0.05) is 0 Å². The number of amides is 3. The Morgan fingerprint density at radius 3 is 2.68 bits per heavy atom. The fourth-order valence-corrected chi connectivity index (χ4v) is 5.50. The molecule has 0 radical (unpaired) electrons. The summed E-state index contributed by atoms with van der Waals surface area (Å²) in [6, 6.07) is 3.42. The molecule has 2 heterocycles. The van der Waals surface area contributed by atoms with E-state index in [9.17, 15) is 29.2 Å². The van der Waals surface area contributed by atoms with Gasteiger partial charge in [-0.3, -0.25) is 19.4 Å². The Morgan fingerprint density at radius 1 is 1.24 bits per heavy atom. The highest BCUT2D eigenvalue weighted by atomic mass is 32.2. The molecule has 204 valence electrons. The first-order valence-electron chi connectivity index (χ1n) is 12.0. The summed E-state index contributed by atoms with van der Waals surface area (Å²) in [6.45, 7) is 1.96. The molecule has 13 nitrogen and oxygen atoms in total. The predicted octanol–water partition coefficient (Wildman–Crippen LogP) is 0.847. The van der Waals surface area contributed by atoms with E-state index in [0.717, 1.165) is 11.1 Å². The Hall–Kier alpha value is -3.46. The Kier molecular flexibility index (Phi) is 8.66. The lowest BCUT2D eigenvalue weighted by Crippen LogP contribution is -2.33. The van der Waals surface area contributed by atoms with E-state index < -0.39 is 28.7 Å². The van der Waals surface area contributed by atoms with Gasteiger partial charge in [0.05, 0.1) is 0 Å². The zero-order chi connectivity index (χ0) is 27.4. The molecule has 2 atom stereocenters. The third-order valence-corrected chi connectivity index (χ3v) is 7.49. The number of nitrogens with zero attached hydrogens (tertiary/aromatic N) is 1. The van der Waals surface area contributed by atoms with Gasteiger partial charge < -0.3 is 25.6 Å². The number of hydroxylamine groups is 2. The van der Waals surface area contributed by atoms with Crippen LogP contribution in [0.2, 0.25) is 0 Å². The van der Waals surface area contributed by atoms with Gasteiger partial charge >= 0.3 is 11.6 Å². The fourth-order valence-electron chi connectivity index (χ4n) is 4.74. The zero-order valence-corrected chi connectivity index (χ0v) is 21.3. The highest BCUT2D eigenvalue weighted by molar-refractivity contribution is 7.95. The first-order chi connectivity index (χ1) is 18.2. The first-order valence-corrected chi connectivity index (χ1v) is 12.8. The maximum Gasteiger partial charge on any atom is 0.339 e. The highest BCUT2D eigenvalue weighted by Gasteiger charge is 2.36. The van der Waals surface area contributed by atoms with Crippen LogP contribution < -0.4 is 21.9 Å². The summed E-state index contributed by atoms with van der Waals surface area (Å²) < 4.78 is 10.0. The van der Waals surface area contributed by atoms with Crippen LogP contribution in [0.4, 0.5) is 5.69 Å². The van der Waals surface area contributed by atoms with E-state index in [1.54, 1.807) is 6.07 Å². The number of rotatable bonds is 11. The summed E-state index contributed by atoms with van der Waals surface area (Å²) in [5.41, 5.74) is 8.36. The van der Waals surface area contributed by atoms with Gasteiger partial charge in [0.1, 0.15) is 5.58 Å². The van der Waals surface area contributed by atoms with Crippen molar-refractivity contribution >= 4 is 52.4 Å². The monoisotopic (exact) mass is 548 g/mol. The predicted molar refractivity (Wildman–Crippen MR) is 130 cm³/mol. The van der Waals surface area contributed by atoms with E-state index >= 15 is 0 Å². The number of nitrogens with two attached hydrogens (primary N) is 1. The molecule has 3 amide bonds. The van der Waals surface area contributed by atoms with Crippen molar-refractivity contribution in [2.75, 3.05) is 12.3 Å². The SMILES string of the molecule is Cc1cc2c3c(c(=O)oc2cc1N)CCC3C(CC(=O)NCCCC(=O)ON1C(=O)CCC1=O)SOO[O-]. The standard InChI is InChI=1S/C24H27N3O10S/c1-12-9-15-17(10-16(12)25)34-24(32)14-5-4-13(23(14)15)18(38-37-36-33)11-19(28)26-8-2-3-22(31)35-27-20(29)6-7-21(27)30/h9-10,13,18,33H,2-8,11,25H2,1H3,(H,26,28)/p-1. The summed E-state index contributed by atoms with van der Waals surface area (Å²) in [6.07, 6.45) is 0.970. The molecule has 1 fully saturated rings. The second-order valence-corrected chi connectivity index (χ2v) is 10.0. The van der Waals surface area contributed by atoms with E-state index in [4.69, 9.17) is 15.0 Å². The van der Waals surface area contributed by atoms with Crippen LogP contribution >= 0.6 is 12.0 Å². The minimum absolute atomic E-state index is 0.00225. The molecule has 14 heteroatoms. The van der Waals surface area contributed by atoms with Crippen molar-refractivity contribution in [1.29, 1.82) is 0 Å². The van der Waals surface area contributed by atoms with Crippen LogP contribution in [0.5, 0.6) is 0 Å². The molecule has 0 bridgehead atoms. The lowest BCUT2D eigenvalue weighted by molar-refractivity contribution is -0.777. The van der Waals surface area contributed by atoms with E-state index in [-0.39, 0.29) is 50.5 Å². The second-order valence-electron chi connectivity index (χ2n) is 9.11. The number of nitrogen functional groups attached to an aromatic ring is 1. The van der Waals surface area contributed by atoms with Crippen LogP contribution in [0.15, 0.2) is 21.3 Å². The van der Waals surface area contributed by atoms with Crippen LogP contribution in [0.3, 0.4) is 0 Å². The van der Waals surface area contributed by atoms with E-state index in [0.29, 0.717) is 52.2 Å². The van der Waals surface area contributed by atoms with Gasteiger partial charge in [-0.05, 0) is 43.4 Å². The number of fused-ring (bicyclic) bond motifs is 3. The Bertz CT molecular complexity index is 1310. The molecular formula is C24H26N3O10S-. The molecule has 1 aliphatic heterocycles. The van der Waals surface area contributed by atoms with Gasteiger partial charge in [0.2, 0.25) is 5.91 Å². The highest BCUT2D eigenvalue weighted by Crippen LogP contribution is 2.44. The number of hydrogen-bond donors (Lipinski definition) is 2. The van der Waals surface area contributed by atoms with E-state index in [2.05, 4.69) is 14.7 Å². The number of benzene rings is 1. The van der Waals surface area contributed by atoms with E-state index in [1.165, 1.54) is 0 Å². The molecule has 2 unspecified atom stereocenters. The number of hydrogen-bond acceptors (Lipinski definition) is 12. The second kappa shape index (κ2) is 11.9. The molecular weight excluding hydrogens is 522 g/mol. The van der Waals surface area contributed by atoms with Crippen molar-refractivity contribution < 1.29 is 43.1 Å². The third kappa shape index (κ3) is 5.99. The van der Waals surface area contributed by atoms with Crippen molar-refractivity contribution in [3.8, 4) is 0 Å². The van der Waals surface area contributed by atoms with Gasteiger partial charge in [0.15, 0.2) is 0 Å². The van der Waals surface area contributed by atoms with Crippen LogP contribution in [0, 0.1) is 6.92 Å². The average Bonchev–Trinajstić information content (AvgIpc) is 3.46. The third-order valence-electron chi connectivity index (χ3n) is 6.61. The summed E-state index contributed by atoms with van der Waals surface area (Å²) >= 11 is 0.698. The molecule has 1 aliphatic carbocycles. The van der Waals surface area contributed by atoms with Crippen LogP contribution in [-0.4, -0.2) is 40.5 Å². The first kappa shape index (κ1) is 27.6. The molecule has 1 saturated heterocycles. The van der Waals surface area contributed by atoms with Crippen LogP contribution in [0.25, 0.3) is 11.0 Å². The van der Waals surface area contributed by atoms with Gasteiger partial charge in [0.25, 0.3) is 11.8 Å². The number of carbonyl (C=O) groups excluding carboxylic acids is 4. The minimum atomic E-state index is -0.763. The average molecular weight is 549 g/mol. The van der Waals surface area contributed by atoms with Gasteiger partial charge in [-0.2, -0.15) is 4.33 Å². The number of carbonyl (C=O) groups is 4. The zero-order valence-electron chi connectivity index (χ0n) is 20.5. The molecule has 3 N–H and O–H groups in total. The summed E-state index contributed by atoms with van der Waals surface area (Å²) in [7, 11) is 0. The molecule has 0 saturated carbocycles. The maximum atomic E-state index is 12.7. The molecule has 38 heavy (non-hydrogen) atoms. The number of imide groups is 1. The lowest BCUT2D eigenvalue weighted by atomic mass is 9.92. The van der Waals surface area contributed by atoms with Gasteiger partial charge in [-0.15, -0.1) is 5.06 Å². The number of aryl methyl sites for hydroxylation is 1. The Labute approximate surface area is 220 Å². The maximum absolute atomic E-state index is 12.7. The minimum Gasteiger partial charge on any atom is -0.691 e. The molecule has 1 aromatic carbocycles. The summed E-state index contributed by atoms with van der Waals surface area (Å²) in [4.78, 5) is 65.1. The molecule has 0 spiro atoms. The smallest absolute Gasteiger partial charge is 0.339 e. The number of anilines is 1. The molecule has 2 aromatic rings. The van der Waals surface area contributed by atoms with Crippen molar-refractivity contribution in [2.24, 2.45) is 0 Å². The van der Waals surface area contributed by atoms with Crippen LogP contribution in [0.1, 0.15) is 61.1 Å². The fraction of sp³-hybridized carbons (Fsp3) is 0.458. The molecule has 2 aliphatic rings.